The van der Waals surface area contributed by atoms with E-state index < -0.39 is 11.9 Å². The zero-order valence-corrected chi connectivity index (χ0v) is 10.1. The highest BCUT2D eigenvalue weighted by atomic mass is 35.5. The van der Waals surface area contributed by atoms with E-state index in [4.69, 9.17) is 17.3 Å². The lowest BCUT2D eigenvalue weighted by Crippen LogP contribution is -2.28. The second-order valence-corrected chi connectivity index (χ2v) is 3.94. The van der Waals surface area contributed by atoms with E-state index >= 15 is 0 Å². The van der Waals surface area contributed by atoms with Crippen LogP contribution in [0.1, 0.15) is 29.3 Å². The van der Waals surface area contributed by atoms with E-state index in [9.17, 15) is 4.79 Å². The highest BCUT2D eigenvalue weighted by Gasteiger charge is 2.18. The molecule has 0 aromatic carbocycles. The van der Waals surface area contributed by atoms with Crippen molar-refractivity contribution in [3.8, 4) is 0 Å². The lowest BCUT2D eigenvalue weighted by Gasteiger charge is -2.10. The molecule has 8 nitrogen and oxygen atoms in total. The number of carbonyl (C=O) groups excluding carboxylic acids is 1. The summed E-state index contributed by atoms with van der Waals surface area (Å²) < 4.78 is 0. The van der Waals surface area contributed by atoms with Gasteiger partial charge >= 0.3 is 0 Å². The van der Waals surface area contributed by atoms with E-state index in [1.165, 1.54) is 12.1 Å². The summed E-state index contributed by atoms with van der Waals surface area (Å²) in [5.41, 5.74) is 5.56. The molecule has 0 aliphatic carbocycles. The van der Waals surface area contributed by atoms with E-state index in [0.29, 0.717) is 5.82 Å². The number of tetrazole rings is 1. The minimum absolute atomic E-state index is 0.0620. The quantitative estimate of drug-likeness (QED) is 0.736. The summed E-state index contributed by atoms with van der Waals surface area (Å²) in [6, 6.07) is 2.61. The van der Waals surface area contributed by atoms with Crippen LogP contribution in [0.25, 0.3) is 0 Å². The highest BCUT2D eigenvalue weighted by molar-refractivity contribution is 6.33. The summed E-state index contributed by atoms with van der Waals surface area (Å²) in [7, 11) is 0. The Hall–Kier alpha value is -2.22. The number of nitrogen functional groups attached to an aromatic ring is 1. The molecule has 1 unspecified atom stereocenters. The first-order chi connectivity index (χ1) is 8.58. The maximum atomic E-state index is 11.9. The van der Waals surface area contributed by atoms with Crippen LogP contribution in [0.15, 0.2) is 12.1 Å². The Kier molecular flexibility index (Phi) is 3.38. The second-order valence-electron chi connectivity index (χ2n) is 3.53. The molecule has 0 bridgehead atoms. The van der Waals surface area contributed by atoms with E-state index in [0.717, 1.165) is 0 Å². The average molecular weight is 268 g/mol. The van der Waals surface area contributed by atoms with E-state index in [1.807, 2.05) is 0 Å². The molecule has 0 saturated carbocycles. The van der Waals surface area contributed by atoms with E-state index in [-0.39, 0.29) is 16.5 Å². The van der Waals surface area contributed by atoms with Gasteiger partial charge in [0.25, 0.3) is 5.91 Å². The van der Waals surface area contributed by atoms with Gasteiger partial charge in [0, 0.05) is 0 Å². The number of anilines is 1. The first kappa shape index (κ1) is 12.2. The van der Waals surface area contributed by atoms with Crippen molar-refractivity contribution in [3.05, 3.63) is 28.7 Å². The Bertz CT molecular complexity index is 556. The summed E-state index contributed by atoms with van der Waals surface area (Å²) in [4.78, 5) is 15.8. The fraction of sp³-hybridized carbons (Fsp3) is 0.222. The molecule has 0 saturated heterocycles. The SMILES string of the molecule is CC(NC(=O)c1nc(N)ccc1Cl)c1nn[nH]n1. The molecule has 2 aromatic rings. The third-order valence-electron chi connectivity index (χ3n) is 2.18. The summed E-state index contributed by atoms with van der Waals surface area (Å²) in [5.74, 6) is 0.129. The number of nitrogens with one attached hydrogen (secondary N) is 2. The van der Waals surface area contributed by atoms with Crippen molar-refractivity contribution in [1.82, 2.24) is 30.9 Å². The number of nitrogens with zero attached hydrogens (tertiary/aromatic N) is 4. The van der Waals surface area contributed by atoms with Gasteiger partial charge in [-0.05, 0) is 19.1 Å². The predicted octanol–water partition coefficient (Wildman–Crippen LogP) is 0.321. The Morgan fingerprint density at radius 2 is 2.33 bits per heavy atom. The summed E-state index contributed by atoms with van der Waals surface area (Å²) >= 11 is 5.87. The Labute approximate surface area is 107 Å². The van der Waals surface area contributed by atoms with Gasteiger partial charge < -0.3 is 11.1 Å². The molecule has 0 fully saturated rings. The van der Waals surface area contributed by atoms with Gasteiger partial charge in [0.1, 0.15) is 11.5 Å². The van der Waals surface area contributed by atoms with Crippen LogP contribution in [0, 0.1) is 0 Å². The van der Waals surface area contributed by atoms with Gasteiger partial charge in [0.15, 0.2) is 5.82 Å². The Balaban J connectivity index is 2.15. The average Bonchev–Trinajstić information content (AvgIpc) is 2.85. The minimum Gasteiger partial charge on any atom is -0.384 e. The van der Waals surface area contributed by atoms with Crippen LogP contribution in [-0.2, 0) is 0 Å². The van der Waals surface area contributed by atoms with Crippen LogP contribution in [0.4, 0.5) is 5.82 Å². The van der Waals surface area contributed by atoms with Crippen molar-refractivity contribution < 1.29 is 4.79 Å². The number of hydrogen-bond donors (Lipinski definition) is 3. The summed E-state index contributed by atoms with van der Waals surface area (Å²) in [6.45, 7) is 1.71. The Morgan fingerprint density at radius 3 is 3.00 bits per heavy atom. The maximum Gasteiger partial charge on any atom is 0.272 e. The van der Waals surface area contributed by atoms with Crippen LogP contribution in [0.5, 0.6) is 0 Å². The number of nitrogens with two attached hydrogens (primary N) is 1. The van der Waals surface area contributed by atoms with Gasteiger partial charge in [-0.25, -0.2) is 4.98 Å². The highest BCUT2D eigenvalue weighted by Crippen LogP contribution is 2.16. The minimum atomic E-state index is -0.454. The molecule has 0 aliphatic rings. The normalized spacial score (nSPS) is 12.1. The summed E-state index contributed by atoms with van der Waals surface area (Å²) in [5, 5.41) is 16.1. The number of aromatic nitrogens is 5. The number of amides is 1. The lowest BCUT2D eigenvalue weighted by atomic mass is 10.2. The molecule has 2 rings (SSSR count). The predicted molar refractivity (Wildman–Crippen MR) is 63.7 cm³/mol. The van der Waals surface area contributed by atoms with Gasteiger partial charge in [0.2, 0.25) is 0 Å². The number of pyridine rings is 1. The van der Waals surface area contributed by atoms with Crippen molar-refractivity contribution in [3.63, 3.8) is 0 Å². The van der Waals surface area contributed by atoms with Gasteiger partial charge in [-0.2, -0.15) is 5.21 Å². The number of hydrogen-bond acceptors (Lipinski definition) is 6. The molecule has 0 aliphatic heterocycles. The van der Waals surface area contributed by atoms with Crippen LogP contribution in [-0.4, -0.2) is 31.5 Å². The maximum absolute atomic E-state index is 11.9. The molecule has 0 spiro atoms. The van der Waals surface area contributed by atoms with E-state index in [2.05, 4.69) is 30.9 Å². The number of aromatic amines is 1. The first-order valence-electron chi connectivity index (χ1n) is 5.04. The molecular formula is C9H10ClN7O. The van der Waals surface area contributed by atoms with Crippen LogP contribution in [0.2, 0.25) is 5.02 Å². The first-order valence-corrected chi connectivity index (χ1v) is 5.42. The van der Waals surface area contributed by atoms with Gasteiger partial charge in [-0.15, -0.1) is 10.2 Å². The number of H-pyrrole nitrogens is 1. The number of halogens is 1. The standard InChI is InChI=1S/C9H10ClN7O/c1-4(8-14-16-17-15-8)12-9(18)7-5(10)2-3-6(11)13-7/h2-4H,1H3,(H2,11,13)(H,12,18)(H,14,15,16,17). The van der Waals surface area contributed by atoms with Crippen LogP contribution in [0.3, 0.4) is 0 Å². The molecule has 1 amide bonds. The molecule has 2 aromatic heterocycles. The van der Waals surface area contributed by atoms with Crippen molar-refractivity contribution in [1.29, 1.82) is 0 Å². The van der Waals surface area contributed by atoms with Crippen LogP contribution < -0.4 is 11.1 Å². The lowest BCUT2D eigenvalue weighted by molar-refractivity contribution is 0.0933. The number of rotatable bonds is 3. The fourth-order valence-electron chi connectivity index (χ4n) is 1.30. The van der Waals surface area contributed by atoms with Gasteiger partial charge in [-0.1, -0.05) is 16.8 Å². The van der Waals surface area contributed by atoms with Gasteiger partial charge in [-0.3, -0.25) is 4.79 Å². The smallest absolute Gasteiger partial charge is 0.272 e. The molecule has 94 valence electrons. The number of carbonyl (C=O) groups is 1. The molecule has 9 heteroatoms. The summed E-state index contributed by atoms with van der Waals surface area (Å²) in [6.07, 6.45) is 0. The molecular weight excluding hydrogens is 258 g/mol. The van der Waals surface area contributed by atoms with Crippen molar-refractivity contribution in [2.45, 2.75) is 13.0 Å². The van der Waals surface area contributed by atoms with Crippen molar-refractivity contribution in [2.75, 3.05) is 5.73 Å². The molecule has 1 atom stereocenters. The molecule has 4 N–H and O–H groups in total. The molecule has 18 heavy (non-hydrogen) atoms. The largest absolute Gasteiger partial charge is 0.384 e. The third-order valence-corrected chi connectivity index (χ3v) is 2.48. The van der Waals surface area contributed by atoms with Crippen molar-refractivity contribution >= 4 is 23.3 Å². The topological polar surface area (TPSA) is 122 Å². The second kappa shape index (κ2) is 4.96. The molecule has 2 heterocycles. The molecule has 0 radical (unpaired) electrons. The van der Waals surface area contributed by atoms with Gasteiger partial charge in [0.05, 0.1) is 11.1 Å². The Morgan fingerprint density at radius 1 is 1.56 bits per heavy atom. The van der Waals surface area contributed by atoms with E-state index in [1.54, 1.807) is 6.92 Å². The zero-order chi connectivity index (χ0) is 13.1. The van der Waals surface area contributed by atoms with Crippen LogP contribution >= 0.6 is 11.6 Å². The monoisotopic (exact) mass is 267 g/mol. The van der Waals surface area contributed by atoms with Crippen molar-refractivity contribution in [2.24, 2.45) is 0 Å². The zero-order valence-electron chi connectivity index (χ0n) is 9.38. The third kappa shape index (κ3) is 2.54. The fourth-order valence-corrected chi connectivity index (χ4v) is 1.49.